The van der Waals surface area contributed by atoms with Crippen molar-refractivity contribution < 1.29 is 42.9 Å². The quantitative estimate of drug-likeness (QED) is 0.0779. The van der Waals surface area contributed by atoms with Crippen LogP contribution in [0.15, 0.2) is 0 Å². The van der Waals surface area contributed by atoms with Crippen LogP contribution >= 0.6 is 0 Å². The zero-order valence-corrected chi connectivity index (χ0v) is 27.7. The molecule has 0 heterocycles. The number of carbonyl (C=O) groups is 5. The second kappa shape index (κ2) is 31.4. The molecular weight excluding hydrogens is 582 g/mol. The number of rotatable bonds is 30. The molecule has 0 rings (SSSR count). The third-order valence-corrected chi connectivity index (χ3v) is 7.25. The summed E-state index contributed by atoms with van der Waals surface area (Å²) in [5.41, 5.74) is 0. The van der Waals surface area contributed by atoms with Crippen LogP contribution in [0.1, 0.15) is 110 Å². The van der Waals surface area contributed by atoms with Gasteiger partial charge >= 0.3 is 5.97 Å². The summed E-state index contributed by atoms with van der Waals surface area (Å²) in [4.78, 5) is 62.4. The van der Waals surface area contributed by atoms with Crippen LogP contribution in [0.5, 0.6) is 0 Å². The SMILES string of the molecule is C.COCCCCC(=O)C[C@@H](CCCCNC(=O)CCCCOC)C(=O)NC(CCCCNC(=O)CCCCOC)C(=O)OC. The average Bonchev–Trinajstić information content (AvgIpc) is 3.01. The summed E-state index contributed by atoms with van der Waals surface area (Å²) in [5, 5.41) is 8.60. The molecule has 3 N–H and O–H groups in total. The third-order valence-electron chi connectivity index (χ3n) is 7.25. The Morgan fingerprint density at radius 1 is 0.578 bits per heavy atom. The highest BCUT2D eigenvalue weighted by Gasteiger charge is 2.27. The highest BCUT2D eigenvalue weighted by molar-refractivity contribution is 5.89. The lowest BCUT2D eigenvalue weighted by atomic mass is 9.93. The average molecular weight is 646 g/mol. The Bertz CT molecular complexity index is 795. The van der Waals surface area contributed by atoms with Crippen molar-refractivity contribution in [3.63, 3.8) is 0 Å². The predicted molar refractivity (Wildman–Crippen MR) is 175 cm³/mol. The minimum atomic E-state index is -0.839. The molecule has 264 valence electrons. The van der Waals surface area contributed by atoms with Crippen molar-refractivity contribution in [1.29, 1.82) is 0 Å². The van der Waals surface area contributed by atoms with Crippen LogP contribution in [0.25, 0.3) is 0 Å². The monoisotopic (exact) mass is 645 g/mol. The topological polar surface area (TPSA) is 158 Å². The van der Waals surface area contributed by atoms with Crippen LogP contribution in [-0.4, -0.2) is 96.9 Å². The summed E-state index contributed by atoms with van der Waals surface area (Å²) in [7, 11) is 6.16. The van der Waals surface area contributed by atoms with Crippen molar-refractivity contribution in [2.75, 3.05) is 61.3 Å². The Hall–Kier alpha value is -2.57. The van der Waals surface area contributed by atoms with Crippen LogP contribution in [0.2, 0.25) is 0 Å². The molecule has 0 spiro atoms. The molecule has 0 aromatic carbocycles. The van der Waals surface area contributed by atoms with Crippen LogP contribution in [0.3, 0.4) is 0 Å². The fourth-order valence-corrected chi connectivity index (χ4v) is 4.64. The lowest BCUT2D eigenvalue weighted by molar-refractivity contribution is -0.146. The highest BCUT2D eigenvalue weighted by atomic mass is 16.5. The normalized spacial score (nSPS) is 12.0. The number of ketones is 1. The smallest absolute Gasteiger partial charge is 0.328 e. The number of carbonyl (C=O) groups excluding carboxylic acids is 5. The first-order chi connectivity index (χ1) is 21.3. The Morgan fingerprint density at radius 3 is 1.51 bits per heavy atom. The number of esters is 1. The molecule has 0 aliphatic heterocycles. The zero-order valence-electron chi connectivity index (χ0n) is 27.7. The predicted octanol–water partition coefficient (Wildman–Crippen LogP) is 3.88. The van der Waals surface area contributed by atoms with Gasteiger partial charge in [-0.05, 0) is 70.6 Å². The number of amides is 3. The fourth-order valence-electron chi connectivity index (χ4n) is 4.64. The molecule has 45 heavy (non-hydrogen) atoms. The maximum absolute atomic E-state index is 13.3. The standard InChI is InChI=1S/C32H59N3O9.CH4/c1-41-22-12-7-16-27(36)25-26(15-5-10-20-33-29(37)18-8-13-23-42-2)31(39)35-28(32(40)44-4)17-6-11-21-34-30(38)19-9-14-24-43-3;/h26,28H,5-25H2,1-4H3,(H,33,37)(H,34,38)(H,35,39);1H4/t26-,28?;/m1./s1. The molecule has 12 heteroatoms. The van der Waals surface area contributed by atoms with Crippen molar-refractivity contribution in [2.45, 2.75) is 116 Å². The first-order valence-electron chi connectivity index (χ1n) is 16.2. The van der Waals surface area contributed by atoms with E-state index in [0.717, 1.165) is 32.1 Å². The molecule has 0 fully saturated rings. The van der Waals surface area contributed by atoms with E-state index in [9.17, 15) is 24.0 Å². The molecule has 1 unspecified atom stereocenters. The van der Waals surface area contributed by atoms with Gasteiger partial charge in [0.05, 0.1) is 7.11 Å². The molecule has 12 nitrogen and oxygen atoms in total. The maximum Gasteiger partial charge on any atom is 0.328 e. The number of ether oxygens (including phenoxy) is 4. The molecule has 2 atom stereocenters. The number of hydrogen-bond donors (Lipinski definition) is 3. The van der Waals surface area contributed by atoms with E-state index in [1.165, 1.54) is 7.11 Å². The van der Waals surface area contributed by atoms with Crippen molar-refractivity contribution in [2.24, 2.45) is 5.92 Å². The number of hydrogen-bond acceptors (Lipinski definition) is 9. The van der Waals surface area contributed by atoms with E-state index in [1.54, 1.807) is 21.3 Å². The van der Waals surface area contributed by atoms with Gasteiger partial charge in [0.1, 0.15) is 11.8 Å². The summed E-state index contributed by atoms with van der Waals surface area (Å²) in [6.45, 7) is 2.82. The van der Waals surface area contributed by atoms with E-state index >= 15 is 0 Å². The summed E-state index contributed by atoms with van der Waals surface area (Å²) >= 11 is 0. The van der Waals surface area contributed by atoms with E-state index < -0.39 is 17.9 Å². The molecule has 3 amide bonds. The Morgan fingerprint density at radius 2 is 1.04 bits per heavy atom. The summed E-state index contributed by atoms with van der Waals surface area (Å²) < 4.78 is 20.0. The van der Waals surface area contributed by atoms with E-state index in [1.807, 2.05) is 0 Å². The highest BCUT2D eigenvalue weighted by Crippen LogP contribution is 2.17. The van der Waals surface area contributed by atoms with Crippen molar-refractivity contribution in [1.82, 2.24) is 16.0 Å². The lowest BCUT2D eigenvalue weighted by Crippen LogP contribution is -2.44. The number of Topliss-reactive ketones (excluding diaryl/α,β-unsaturated/α-hetero) is 1. The molecule has 0 aliphatic rings. The second-order valence-corrected chi connectivity index (χ2v) is 11.1. The van der Waals surface area contributed by atoms with Gasteiger partial charge in [-0.25, -0.2) is 4.79 Å². The van der Waals surface area contributed by atoms with E-state index in [2.05, 4.69) is 16.0 Å². The first-order valence-corrected chi connectivity index (χ1v) is 16.2. The molecular formula is C33H63N3O9. The second-order valence-electron chi connectivity index (χ2n) is 11.1. The first kappa shape index (κ1) is 44.6. The number of unbranched alkanes of at least 4 members (excludes halogenated alkanes) is 5. The van der Waals surface area contributed by atoms with Crippen molar-refractivity contribution in [3.05, 3.63) is 0 Å². The number of methoxy groups -OCH3 is 4. The van der Waals surface area contributed by atoms with Gasteiger partial charge in [0, 0.05) is 85.8 Å². The van der Waals surface area contributed by atoms with Crippen LogP contribution in [0.4, 0.5) is 0 Å². The van der Waals surface area contributed by atoms with Gasteiger partial charge in [0.15, 0.2) is 0 Å². The number of nitrogens with one attached hydrogen (secondary N) is 3. The maximum atomic E-state index is 13.3. The molecule has 0 aromatic rings. The molecule has 0 saturated carbocycles. The zero-order chi connectivity index (χ0) is 32.8. The molecule has 0 aromatic heterocycles. The summed E-state index contributed by atoms with van der Waals surface area (Å²) in [6, 6.07) is -0.839. The Labute approximate surface area is 271 Å². The third kappa shape index (κ3) is 26.4. The Balaban J connectivity index is 0. The summed E-state index contributed by atoms with van der Waals surface area (Å²) in [6.07, 6.45) is 9.37. The van der Waals surface area contributed by atoms with Crippen LogP contribution < -0.4 is 16.0 Å². The lowest BCUT2D eigenvalue weighted by Gasteiger charge is -2.21. The fraction of sp³-hybridized carbons (Fsp3) is 0.848. The molecule has 0 aliphatic carbocycles. The van der Waals surface area contributed by atoms with Crippen LogP contribution in [0, 0.1) is 5.92 Å². The van der Waals surface area contributed by atoms with Gasteiger partial charge in [-0.1, -0.05) is 13.8 Å². The van der Waals surface area contributed by atoms with Gasteiger partial charge in [-0.3, -0.25) is 19.2 Å². The van der Waals surface area contributed by atoms with Crippen LogP contribution in [-0.2, 0) is 42.9 Å². The van der Waals surface area contributed by atoms with Crippen molar-refractivity contribution >= 4 is 29.5 Å². The molecule has 0 saturated heterocycles. The molecule has 0 bridgehead atoms. The largest absolute Gasteiger partial charge is 0.467 e. The minimum Gasteiger partial charge on any atom is -0.467 e. The van der Waals surface area contributed by atoms with E-state index in [4.69, 9.17) is 18.9 Å². The Kier molecular flexibility index (Phi) is 31.1. The van der Waals surface area contributed by atoms with Gasteiger partial charge < -0.3 is 34.9 Å². The summed E-state index contributed by atoms with van der Waals surface area (Å²) in [5.74, 6) is -1.51. The van der Waals surface area contributed by atoms with E-state index in [0.29, 0.717) is 97.1 Å². The van der Waals surface area contributed by atoms with E-state index in [-0.39, 0.29) is 37.4 Å². The van der Waals surface area contributed by atoms with Gasteiger partial charge in [-0.2, -0.15) is 0 Å². The minimum absolute atomic E-state index is 0. The van der Waals surface area contributed by atoms with Gasteiger partial charge in [0.25, 0.3) is 0 Å². The van der Waals surface area contributed by atoms with Crippen molar-refractivity contribution in [3.8, 4) is 0 Å². The molecule has 0 radical (unpaired) electrons. The van der Waals surface area contributed by atoms with Gasteiger partial charge in [0.2, 0.25) is 17.7 Å². The van der Waals surface area contributed by atoms with Gasteiger partial charge in [-0.15, -0.1) is 0 Å².